The van der Waals surface area contributed by atoms with Gasteiger partial charge in [0.05, 0.1) is 58.8 Å². The number of ether oxygens (including phenoxy) is 2. The Morgan fingerprint density at radius 3 is 2.51 bits per heavy atom. The third-order valence-corrected chi connectivity index (χ3v) is 11.2. The van der Waals surface area contributed by atoms with Gasteiger partial charge in [-0.3, -0.25) is 4.90 Å². The number of sulfone groups is 1. The fraction of sp³-hybridized carbons (Fsp3) is 0.500. The second-order valence-electron chi connectivity index (χ2n) is 11.6. The topological polar surface area (TPSA) is 84.8 Å². The van der Waals surface area contributed by atoms with Crippen molar-refractivity contribution in [2.24, 2.45) is 0 Å². The highest BCUT2D eigenvalue weighted by Gasteiger charge is 2.42. The minimum absolute atomic E-state index is 0.0680. The number of fused-ring (bicyclic) bond motifs is 1. The Hall–Kier alpha value is -2.53. The lowest BCUT2D eigenvalue weighted by Gasteiger charge is -2.49. The number of aryl methyl sites for hydroxylation is 1. The summed E-state index contributed by atoms with van der Waals surface area (Å²) in [6, 6.07) is 12.9. The molecule has 8 nitrogen and oxygen atoms in total. The van der Waals surface area contributed by atoms with Crippen molar-refractivity contribution in [2.45, 2.75) is 53.1 Å². The lowest BCUT2D eigenvalue weighted by molar-refractivity contribution is -0.0311. The molecule has 1 aliphatic heterocycles. The van der Waals surface area contributed by atoms with Gasteiger partial charge in [-0.05, 0) is 68.9 Å². The Bertz CT molecular complexity index is 1620. The molecule has 1 saturated carbocycles. The van der Waals surface area contributed by atoms with Gasteiger partial charge in [0.1, 0.15) is 12.4 Å². The van der Waals surface area contributed by atoms with E-state index in [2.05, 4.69) is 63.0 Å². The highest BCUT2D eigenvalue weighted by Crippen LogP contribution is 2.45. The first kappa shape index (κ1) is 31.9. The number of benzene rings is 2. The minimum Gasteiger partial charge on any atom is -0.495 e. The zero-order valence-electron chi connectivity index (χ0n) is 25.0. The van der Waals surface area contributed by atoms with Crippen LogP contribution in [0.5, 0.6) is 5.75 Å². The number of halogens is 2. The largest absolute Gasteiger partial charge is 0.495 e. The van der Waals surface area contributed by atoms with E-state index in [1.165, 1.54) is 19.2 Å². The zero-order chi connectivity index (χ0) is 30.7. The molecule has 0 atom stereocenters. The SMILES string of the molecule is COc1cc(S(C)(=O)=O)ccc1NCC#Cc1cc2c(NC3(I)CCC(C)(N4CCOCC4)CC3)cccc2n1CCF. The molecule has 2 aliphatic rings. The number of morpholine rings is 1. The monoisotopic (exact) mass is 722 g/mol. The van der Waals surface area contributed by atoms with E-state index >= 15 is 0 Å². The van der Waals surface area contributed by atoms with Crippen molar-refractivity contribution in [2.75, 3.05) is 63.5 Å². The van der Waals surface area contributed by atoms with Crippen LogP contribution in [0.15, 0.2) is 47.4 Å². The summed E-state index contributed by atoms with van der Waals surface area (Å²) in [5.41, 5.74) is 3.58. The van der Waals surface area contributed by atoms with E-state index in [0.29, 0.717) is 18.0 Å². The second kappa shape index (κ2) is 13.2. The fourth-order valence-electron chi connectivity index (χ4n) is 6.12. The van der Waals surface area contributed by atoms with E-state index in [1.54, 1.807) is 6.07 Å². The summed E-state index contributed by atoms with van der Waals surface area (Å²) in [7, 11) is -1.85. The summed E-state index contributed by atoms with van der Waals surface area (Å²) in [5.74, 6) is 6.78. The van der Waals surface area contributed by atoms with Crippen molar-refractivity contribution in [1.82, 2.24) is 9.47 Å². The summed E-state index contributed by atoms with van der Waals surface area (Å²) < 4.78 is 50.3. The maximum atomic E-state index is 13.7. The molecule has 5 rings (SSSR count). The Balaban J connectivity index is 1.32. The smallest absolute Gasteiger partial charge is 0.175 e. The maximum Gasteiger partial charge on any atom is 0.175 e. The van der Waals surface area contributed by atoms with Gasteiger partial charge in [0.2, 0.25) is 0 Å². The van der Waals surface area contributed by atoms with Gasteiger partial charge in [-0.2, -0.15) is 0 Å². The van der Waals surface area contributed by atoms with Gasteiger partial charge in [-0.15, -0.1) is 0 Å². The van der Waals surface area contributed by atoms with Crippen LogP contribution in [0.25, 0.3) is 10.9 Å². The van der Waals surface area contributed by atoms with Crippen LogP contribution in [0.2, 0.25) is 0 Å². The number of alkyl halides is 2. The molecule has 0 unspecified atom stereocenters. The summed E-state index contributed by atoms with van der Waals surface area (Å²) in [6.45, 7) is 6.06. The van der Waals surface area contributed by atoms with E-state index in [0.717, 1.165) is 80.5 Å². The van der Waals surface area contributed by atoms with Crippen LogP contribution in [-0.4, -0.2) is 79.9 Å². The highest BCUT2D eigenvalue weighted by atomic mass is 127. The number of hydrogen-bond acceptors (Lipinski definition) is 7. The van der Waals surface area contributed by atoms with Gasteiger partial charge >= 0.3 is 0 Å². The lowest BCUT2D eigenvalue weighted by atomic mass is 9.79. The van der Waals surface area contributed by atoms with E-state index in [-0.39, 0.29) is 20.5 Å². The molecule has 1 aromatic heterocycles. The van der Waals surface area contributed by atoms with Crippen LogP contribution in [0.4, 0.5) is 15.8 Å². The van der Waals surface area contributed by atoms with E-state index in [4.69, 9.17) is 9.47 Å². The summed E-state index contributed by atoms with van der Waals surface area (Å²) >= 11 is 2.59. The third kappa shape index (κ3) is 7.24. The Labute approximate surface area is 267 Å². The molecule has 2 aromatic carbocycles. The van der Waals surface area contributed by atoms with Crippen LogP contribution in [0.1, 0.15) is 38.3 Å². The first-order valence-corrected chi connectivity index (χ1v) is 17.6. The molecular formula is C32H40FIN4O4S. The van der Waals surface area contributed by atoms with Crippen molar-refractivity contribution in [3.05, 3.63) is 48.2 Å². The molecule has 2 N–H and O–H groups in total. The van der Waals surface area contributed by atoms with E-state index in [1.807, 2.05) is 22.8 Å². The first-order chi connectivity index (χ1) is 20.5. The molecule has 0 amide bonds. The predicted molar refractivity (Wildman–Crippen MR) is 179 cm³/mol. The number of anilines is 2. The molecule has 11 heteroatoms. The highest BCUT2D eigenvalue weighted by molar-refractivity contribution is 14.1. The van der Waals surface area contributed by atoms with Gasteiger partial charge in [0.15, 0.2) is 9.84 Å². The first-order valence-electron chi connectivity index (χ1n) is 14.6. The van der Waals surface area contributed by atoms with Crippen LogP contribution in [0.3, 0.4) is 0 Å². The Morgan fingerprint density at radius 2 is 1.84 bits per heavy atom. The standard InChI is InChI=1S/C32H40FIN4O4S/c1-31(37-18-20-42-21-19-37)11-13-32(34,14-12-31)36-27-7-4-8-29-26(27)22-24(38(29)17-15-33)6-5-16-35-28-10-9-25(43(3,39)40)23-30(28)41-2/h4,7-10,22-23,35-36H,11-21H2,1-3H3. The van der Waals surface area contributed by atoms with Crippen molar-refractivity contribution < 1.29 is 22.3 Å². The number of hydrogen-bond donors (Lipinski definition) is 2. The van der Waals surface area contributed by atoms with Gasteiger partial charge in [0, 0.05) is 42.0 Å². The van der Waals surface area contributed by atoms with Crippen LogP contribution in [0, 0.1) is 11.8 Å². The number of nitrogens with zero attached hydrogens (tertiary/aromatic N) is 2. The molecule has 2 heterocycles. The van der Waals surface area contributed by atoms with Gasteiger partial charge in [-0.25, -0.2) is 12.8 Å². The molecular weight excluding hydrogens is 682 g/mol. The maximum absolute atomic E-state index is 13.7. The molecule has 2 fully saturated rings. The molecule has 0 bridgehead atoms. The number of nitrogens with one attached hydrogen (secondary N) is 2. The van der Waals surface area contributed by atoms with Crippen molar-refractivity contribution >= 4 is 54.7 Å². The van der Waals surface area contributed by atoms with E-state index < -0.39 is 16.5 Å². The van der Waals surface area contributed by atoms with Crippen molar-refractivity contribution in [3.8, 4) is 17.6 Å². The lowest BCUT2D eigenvalue weighted by Crippen LogP contribution is -2.55. The second-order valence-corrected chi connectivity index (χ2v) is 15.7. The van der Waals surface area contributed by atoms with Crippen LogP contribution >= 0.6 is 22.6 Å². The quantitative estimate of drug-likeness (QED) is 0.127. The van der Waals surface area contributed by atoms with Crippen molar-refractivity contribution in [3.63, 3.8) is 0 Å². The summed E-state index contributed by atoms with van der Waals surface area (Å²) in [5, 5.41) is 8.09. The van der Waals surface area contributed by atoms with Gasteiger partial charge in [0.25, 0.3) is 0 Å². The zero-order valence-corrected chi connectivity index (χ0v) is 28.0. The third-order valence-electron chi connectivity index (χ3n) is 8.69. The number of rotatable bonds is 9. The number of methoxy groups -OCH3 is 1. The molecule has 3 aromatic rings. The molecule has 0 radical (unpaired) electrons. The predicted octanol–water partition coefficient (Wildman–Crippen LogP) is 5.69. The van der Waals surface area contributed by atoms with Crippen LogP contribution in [-0.2, 0) is 21.1 Å². The fourth-order valence-corrected chi connectivity index (χ4v) is 7.58. The minimum atomic E-state index is -3.34. The molecule has 232 valence electrons. The van der Waals surface area contributed by atoms with Gasteiger partial charge in [-0.1, -0.05) is 34.6 Å². The summed E-state index contributed by atoms with van der Waals surface area (Å²) in [4.78, 5) is 2.79. The van der Waals surface area contributed by atoms with E-state index in [9.17, 15) is 12.8 Å². The Morgan fingerprint density at radius 1 is 1.09 bits per heavy atom. The molecule has 0 spiro atoms. The summed E-state index contributed by atoms with van der Waals surface area (Å²) in [6.07, 6.45) is 5.50. The van der Waals surface area contributed by atoms with Crippen LogP contribution < -0.4 is 15.4 Å². The Kier molecular flexibility index (Phi) is 9.80. The average Bonchev–Trinajstić information content (AvgIpc) is 3.35. The number of aromatic nitrogens is 1. The normalized spacial score (nSPS) is 23.0. The molecule has 1 aliphatic carbocycles. The molecule has 43 heavy (non-hydrogen) atoms. The van der Waals surface area contributed by atoms with Crippen molar-refractivity contribution in [1.29, 1.82) is 0 Å². The van der Waals surface area contributed by atoms with Gasteiger partial charge < -0.3 is 24.7 Å². The molecule has 1 saturated heterocycles. The average molecular weight is 723 g/mol.